The van der Waals surface area contributed by atoms with Crippen molar-refractivity contribution >= 4 is 5.69 Å². The standard InChI is InChI=1S/C34H44N2O3/c1-38-32-16-17-34(33(25-32)29-11-10-28-24-30(37)13-12-27(28)23-29)35-18-6-7-26-8-14-31(15-9-26)39-22-21-36-19-4-2-3-5-20-36/h8-9,12-17,24-25,29,35,37H,2-7,10-11,18-23H2,1H3. The summed E-state index contributed by atoms with van der Waals surface area (Å²) < 4.78 is 11.6. The van der Waals surface area contributed by atoms with Gasteiger partial charge >= 0.3 is 0 Å². The normalized spacial score (nSPS) is 17.7. The molecule has 1 aliphatic heterocycles. The molecule has 1 aliphatic carbocycles. The number of nitrogens with one attached hydrogen (secondary N) is 1. The molecule has 0 bridgehead atoms. The molecule has 2 N–H and O–H groups in total. The largest absolute Gasteiger partial charge is 0.508 e. The van der Waals surface area contributed by atoms with Crippen LogP contribution in [0.2, 0.25) is 0 Å². The van der Waals surface area contributed by atoms with Crippen molar-refractivity contribution in [3.05, 3.63) is 82.9 Å². The van der Waals surface area contributed by atoms with Gasteiger partial charge in [0.2, 0.25) is 0 Å². The summed E-state index contributed by atoms with van der Waals surface area (Å²) in [5.41, 5.74) is 6.49. The molecule has 39 heavy (non-hydrogen) atoms. The van der Waals surface area contributed by atoms with Crippen molar-refractivity contribution in [1.82, 2.24) is 4.90 Å². The van der Waals surface area contributed by atoms with Crippen molar-refractivity contribution in [2.45, 2.75) is 63.7 Å². The second-order valence-corrected chi connectivity index (χ2v) is 11.1. The smallest absolute Gasteiger partial charge is 0.119 e. The van der Waals surface area contributed by atoms with Gasteiger partial charge in [-0.15, -0.1) is 0 Å². The minimum Gasteiger partial charge on any atom is -0.508 e. The van der Waals surface area contributed by atoms with Gasteiger partial charge in [0, 0.05) is 18.8 Å². The molecular formula is C34H44N2O3. The number of aromatic hydroxyl groups is 1. The van der Waals surface area contributed by atoms with Gasteiger partial charge in [-0.25, -0.2) is 0 Å². The predicted octanol–water partition coefficient (Wildman–Crippen LogP) is 6.97. The van der Waals surface area contributed by atoms with Crippen molar-refractivity contribution in [3.63, 3.8) is 0 Å². The van der Waals surface area contributed by atoms with Crippen LogP contribution in [-0.2, 0) is 19.3 Å². The highest BCUT2D eigenvalue weighted by molar-refractivity contribution is 5.57. The fourth-order valence-electron chi connectivity index (χ4n) is 6.09. The average molecular weight is 529 g/mol. The summed E-state index contributed by atoms with van der Waals surface area (Å²) in [6.45, 7) is 5.15. The predicted molar refractivity (Wildman–Crippen MR) is 160 cm³/mol. The Labute approximate surface area is 234 Å². The third kappa shape index (κ3) is 7.69. The molecule has 3 aromatic rings. The number of methoxy groups -OCH3 is 1. The van der Waals surface area contributed by atoms with E-state index in [4.69, 9.17) is 9.47 Å². The minimum absolute atomic E-state index is 0.362. The van der Waals surface area contributed by atoms with Crippen molar-refractivity contribution in [3.8, 4) is 17.2 Å². The topological polar surface area (TPSA) is 54.0 Å². The SMILES string of the molecule is COc1ccc(NCCCc2ccc(OCCN3CCCCCC3)cc2)c(C2CCc3cc(O)ccc3C2)c1. The highest BCUT2D eigenvalue weighted by Crippen LogP contribution is 2.38. The maximum Gasteiger partial charge on any atom is 0.119 e. The van der Waals surface area contributed by atoms with Crippen molar-refractivity contribution in [2.75, 3.05) is 45.2 Å². The number of ether oxygens (including phenoxy) is 2. The Hall–Kier alpha value is -3.18. The number of benzene rings is 3. The zero-order valence-corrected chi connectivity index (χ0v) is 23.5. The second-order valence-electron chi connectivity index (χ2n) is 11.1. The van der Waals surface area contributed by atoms with E-state index in [0.717, 1.165) is 63.3 Å². The van der Waals surface area contributed by atoms with Crippen LogP contribution < -0.4 is 14.8 Å². The Kier molecular flexibility index (Phi) is 9.66. The Morgan fingerprint density at radius 1 is 0.897 bits per heavy atom. The monoisotopic (exact) mass is 528 g/mol. The summed E-state index contributed by atoms with van der Waals surface area (Å²) in [6, 6.07) is 20.9. The van der Waals surface area contributed by atoms with Crippen LogP contribution in [0.15, 0.2) is 60.7 Å². The van der Waals surface area contributed by atoms with Crippen LogP contribution in [0.25, 0.3) is 0 Å². The van der Waals surface area contributed by atoms with Crippen LogP contribution in [0.3, 0.4) is 0 Å². The van der Waals surface area contributed by atoms with Gasteiger partial charge < -0.3 is 19.9 Å². The first-order valence-corrected chi connectivity index (χ1v) is 14.8. The van der Waals surface area contributed by atoms with Crippen LogP contribution in [0.1, 0.15) is 66.7 Å². The van der Waals surface area contributed by atoms with Gasteiger partial charge in [-0.3, -0.25) is 4.90 Å². The summed E-state index contributed by atoms with van der Waals surface area (Å²) in [5, 5.41) is 13.6. The lowest BCUT2D eigenvalue weighted by Crippen LogP contribution is -2.29. The molecule has 0 radical (unpaired) electrons. The number of phenolic OH excluding ortho intramolecular Hbond substituents is 1. The average Bonchev–Trinajstić information content (AvgIpc) is 3.25. The molecule has 1 saturated heterocycles. The molecular weight excluding hydrogens is 484 g/mol. The Balaban J connectivity index is 1.10. The number of anilines is 1. The highest BCUT2D eigenvalue weighted by atomic mass is 16.5. The van der Waals surface area contributed by atoms with Crippen LogP contribution in [-0.4, -0.2) is 49.9 Å². The van der Waals surface area contributed by atoms with E-state index in [0.29, 0.717) is 11.7 Å². The first kappa shape index (κ1) is 27.4. The number of aryl methyl sites for hydroxylation is 2. The van der Waals surface area contributed by atoms with E-state index in [1.54, 1.807) is 13.2 Å². The molecule has 1 heterocycles. The Bertz CT molecular complexity index is 1190. The number of rotatable bonds is 11. The molecule has 0 amide bonds. The third-order valence-electron chi connectivity index (χ3n) is 8.37. The van der Waals surface area contributed by atoms with Crippen molar-refractivity contribution < 1.29 is 14.6 Å². The van der Waals surface area contributed by atoms with E-state index in [9.17, 15) is 5.11 Å². The van der Waals surface area contributed by atoms with Gasteiger partial charge in [0.05, 0.1) is 7.11 Å². The molecule has 3 aromatic carbocycles. The summed E-state index contributed by atoms with van der Waals surface area (Å²) >= 11 is 0. The fourth-order valence-corrected chi connectivity index (χ4v) is 6.09. The van der Waals surface area contributed by atoms with E-state index in [-0.39, 0.29) is 0 Å². The number of hydrogen-bond acceptors (Lipinski definition) is 5. The zero-order valence-electron chi connectivity index (χ0n) is 23.5. The van der Waals surface area contributed by atoms with Gasteiger partial charge in [0.15, 0.2) is 0 Å². The third-order valence-corrected chi connectivity index (χ3v) is 8.37. The molecule has 1 fully saturated rings. The number of fused-ring (bicyclic) bond motifs is 1. The van der Waals surface area contributed by atoms with Gasteiger partial charge in [-0.1, -0.05) is 31.0 Å². The molecule has 2 aliphatic rings. The lowest BCUT2D eigenvalue weighted by Gasteiger charge is -2.27. The molecule has 1 atom stereocenters. The molecule has 5 nitrogen and oxygen atoms in total. The van der Waals surface area contributed by atoms with E-state index < -0.39 is 0 Å². The van der Waals surface area contributed by atoms with E-state index in [1.807, 2.05) is 12.1 Å². The minimum atomic E-state index is 0.362. The van der Waals surface area contributed by atoms with Gasteiger partial charge in [0.25, 0.3) is 0 Å². The van der Waals surface area contributed by atoms with E-state index in [2.05, 4.69) is 52.7 Å². The van der Waals surface area contributed by atoms with Crippen LogP contribution >= 0.6 is 0 Å². The summed E-state index contributed by atoms with van der Waals surface area (Å²) in [4.78, 5) is 2.54. The molecule has 1 unspecified atom stereocenters. The quantitative estimate of drug-likeness (QED) is 0.263. The number of likely N-dealkylation sites (tertiary alicyclic amines) is 1. The van der Waals surface area contributed by atoms with Crippen LogP contribution in [0.5, 0.6) is 17.2 Å². The van der Waals surface area contributed by atoms with E-state index >= 15 is 0 Å². The Morgan fingerprint density at radius 2 is 1.69 bits per heavy atom. The molecule has 208 valence electrons. The summed E-state index contributed by atoms with van der Waals surface area (Å²) in [5.74, 6) is 2.67. The number of nitrogens with zero attached hydrogens (tertiary/aromatic N) is 1. The van der Waals surface area contributed by atoms with Gasteiger partial charge in [0.1, 0.15) is 23.9 Å². The lowest BCUT2D eigenvalue weighted by atomic mass is 9.79. The first-order chi connectivity index (χ1) is 19.2. The Morgan fingerprint density at radius 3 is 2.49 bits per heavy atom. The fraction of sp³-hybridized carbons (Fsp3) is 0.471. The second kappa shape index (κ2) is 13.7. The van der Waals surface area contributed by atoms with Crippen molar-refractivity contribution in [2.24, 2.45) is 0 Å². The molecule has 5 rings (SSSR count). The van der Waals surface area contributed by atoms with Crippen LogP contribution in [0, 0.1) is 0 Å². The highest BCUT2D eigenvalue weighted by Gasteiger charge is 2.23. The maximum absolute atomic E-state index is 9.85. The molecule has 0 aromatic heterocycles. The molecule has 0 saturated carbocycles. The summed E-state index contributed by atoms with van der Waals surface area (Å²) in [7, 11) is 1.73. The number of hydrogen-bond donors (Lipinski definition) is 2. The van der Waals surface area contributed by atoms with E-state index in [1.165, 1.54) is 66.7 Å². The zero-order chi connectivity index (χ0) is 26.9. The molecule has 0 spiro atoms. The lowest BCUT2D eigenvalue weighted by molar-refractivity contribution is 0.214. The summed E-state index contributed by atoms with van der Waals surface area (Å²) in [6.07, 6.45) is 10.5. The molecule has 5 heteroatoms. The van der Waals surface area contributed by atoms with Crippen molar-refractivity contribution in [1.29, 1.82) is 0 Å². The maximum atomic E-state index is 9.85. The first-order valence-electron chi connectivity index (χ1n) is 14.8. The van der Waals surface area contributed by atoms with Crippen LogP contribution in [0.4, 0.5) is 5.69 Å². The van der Waals surface area contributed by atoms with Gasteiger partial charge in [-0.05, 0) is 129 Å². The van der Waals surface area contributed by atoms with Gasteiger partial charge in [-0.2, -0.15) is 0 Å². The number of phenols is 1.